The lowest BCUT2D eigenvalue weighted by Crippen LogP contribution is -2.56. The van der Waals surface area contributed by atoms with Crippen LogP contribution in [0.2, 0.25) is 0 Å². The highest BCUT2D eigenvalue weighted by molar-refractivity contribution is 4.93. The highest BCUT2D eigenvalue weighted by Gasteiger charge is 2.33. The molecule has 1 heterocycles. The molecule has 2 N–H and O–H groups in total. The molecule has 0 aliphatic carbocycles. The van der Waals surface area contributed by atoms with Gasteiger partial charge in [0, 0.05) is 25.7 Å². The molecule has 102 valence electrons. The van der Waals surface area contributed by atoms with Crippen molar-refractivity contribution in [3.63, 3.8) is 0 Å². The van der Waals surface area contributed by atoms with Gasteiger partial charge >= 0.3 is 0 Å². The largest absolute Gasteiger partial charge is 0.394 e. The van der Waals surface area contributed by atoms with Crippen LogP contribution in [0.25, 0.3) is 0 Å². The molecule has 0 aromatic rings. The minimum absolute atomic E-state index is 0.0774. The molecule has 0 aromatic carbocycles. The second-order valence-electron chi connectivity index (χ2n) is 5.55. The van der Waals surface area contributed by atoms with Crippen molar-refractivity contribution in [1.29, 1.82) is 0 Å². The van der Waals surface area contributed by atoms with Crippen molar-refractivity contribution < 1.29 is 9.84 Å². The molecule has 1 saturated heterocycles. The van der Waals surface area contributed by atoms with Gasteiger partial charge < -0.3 is 20.1 Å². The maximum Gasteiger partial charge on any atom is 0.0614 e. The Morgan fingerprint density at radius 1 is 1.35 bits per heavy atom. The number of methoxy groups -OCH3 is 1. The van der Waals surface area contributed by atoms with Gasteiger partial charge in [0.05, 0.1) is 13.2 Å². The number of likely N-dealkylation sites (tertiary alicyclic amines) is 1. The maximum atomic E-state index is 9.59. The number of piperidine rings is 1. The average Bonchev–Trinajstić information content (AvgIpc) is 2.31. The number of nitrogens with zero attached hydrogens (tertiary/aromatic N) is 1. The zero-order valence-electron chi connectivity index (χ0n) is 11.5. The van der Waals surface area contributed by atoms with Crippen molar-refractivity contribution in [3.8, 4) is 0 Å². The molecule has 4 heteroatoms. The Labute approximate surface area is 105 Å². The predicted molar refractivity (Wildman–Crippen MR) is 70.2 cm³/mol. The quantitative estimate of drug-likeness (QED) is 0.647. The van der Waals surface area contributed by atoms with Crippen molar-refractivity contribution in [2.45, 2.75) is 32.2 Å². The summed E-state index contributed by atoms with van der Waals surface area (Å²) >= 11 is 0. The molecule has 0 saturated carbocycles. The molecule has 17 heavy (non-hydrogen) atoms. The minimum Gasteiger partial charge on any atom is -0.394 e. The van der Waals surface area contributed by atoms with Gasteiger partial charge in [-0.1, -0.05) is 13.8 Å². The molecule has 4 nitrogen and oxygen atoms in total. The summed E-state index contributed by atoms with van der Waals surface area (Å²) in [4.78, 5) is 2.50. The standard InChI is InChI=1S/C13H28N2O2/c1-12(2)10-15-7-4-13(11-16,5-8-15)14-6-9-17-3/h12,14,16H,4-11H2,1-3H3. The second-order valence-corrected chi connectivity index (χ2v) is 5.55. The first-order chi connectivity index (χ1) is 8.12. The molecular formula is C13H28N2O2. The smallest absolute Gasteiger partial charge is 0.0614 e. The van der Waals surface area contributed by atoms with E-state index in [0.29, 0.717) is 6.61 Å². The van der Waals surface area contributed by atoms with E-state index in [1.165, 1.54) is 6.54 Å². The second kappa shape index (κ2) is 7.31. The minimum atomic E-state index is -0.0774. The predicted octanol–water partition coefficient (Wildman–Crippen LogP) is 0.705. The molecule has 1 aliphatic rings. The summed E-state index contributed by atoms with van der Waals surface area (Å²) in [5.74, 6) is 0.720. The highest BCUT2D eigenvalue weighted by atomic mass is 16.5. The van der Waals surface area contributed by atoms with E-state index in [9.17, 15) is 5.11 Å². The Kier molecular flexibility index (Phi) is 6.41. The zero-order chi connectivity index (χ0) is 12.7. The fourth-order valence-corrected chi connectivity index (χ4v) is 2.49. The fourth-order valence-electron chi connectivity index (χ4n) is 2.49. The number of aliphatic hydroxyl groups is 1. The van der Waals surface area contributed by atoms with Crippen LogP contribution < -0.4 is 5.32 Å². The summed E-state index contributed by atoms with van der Waals surface area (Å²) in [6.07, 6.45) is 2.06. The highest BCUT2D eigenvalue weighted by Crippen LogP contribution is 2.22. The molecule has 0 bridgehead atoms. The number of aliphatic hydroxyl groups excluding tert-OH is 1. The van der Waals surface area contributed by atoms with Gasteiger partial charge in [0.2, 0.25) is 0 Å². The molecule has 1 fully saturated rings. The van der Waals surface area contributed by atoms with Crippen molar-refractivity contribution in [2.75, 3.05) is 46.5 Å². The summed E-state index contributed by atoms with van der Waals surface area (Å²) in [5.41, 5.74) is -0.0774. The lowest BCUT2D eigenvalue weighted by atomic mass is 9.88. The Balaban J connectivity index is 2.34. The van der Waals surface area contributed by atoms with Crippen LogP contribution in [0.1, 0.15) is 26.7 Å². The maximum absolute atomic E-state index is 9.59. The monoisotopic (exact) mass is 244 g/mol. The first-order valence-electron chi connectivity index (χ1n) is 6.69. The molecular weight excluding hydrogens is 216 g/mol. The van der Waals surface area contributed by atoms with Gasteiger partial charge in [0.1, 0.15) is 0 Å². The van der Waals surface area contributed by atoms with Crippen molar-refractivity contribution in [1.82, 2.24) is 10.2 Å². The van der Waals surface area contributed by atoms with Crippen LogP contribution >= 0.6 is 0 Å². The van der Waals surface area contributed by atoms with Crippen LogP contribution in [-0.4, -0.2) is 62.0 Å². The van der Waals surface area contributed by atoms with Crippen LogP contribution in [0.4, 0.5) is 0 Å². The molecule has 0 amide bonds. The number of hydrogen-bond donors (Lipinski definition) is 2. The summed E-state index contributed by atoms with van der Waals surface area (Å²) < 4.78 is 5.04. The average molecular weight is 244 g/mol. The molecule has 0 radical (unpaired) electrons. The van der Waals surface area contributed by atoms with Crippen molar-refractivity contribution in [2.24, 2.45) is 5.92 Å². The van der Waals surface area contributed by atoms with Crippen LogP contribution in [0.15, 0.2) is 0 Å². The van der Waals surface area contributed by atoms with Gasteiger partial charge in [-0.3, -0.25) is 0 Å². The number of rotatable bonds is 7. The number of nitrogens with one attached hydrogen (secondary N) is 1. The molecule has 1 rings (SSSR count). The van der Waals surface area contributed by atoms with Crippen LogP contribution in [0.3, 0.4) is 0 Å². The SMILES string of the molecule is COCCNC1(CO)CCN(CC(C)C)CC1. The Morgan fingerprint density at radius 2 is 2.00 bits per heavy atom. The lowest BCUT2D eigenvalue weighted by Gasteiger charge is -2.42. The molecule has 0 atom stereocenters. The van der Waals surface area contributed by atoms with E-state index < -0.39 is 0 Å². The van der Waals surface area contributed by atoms with E-state index >= 15 is 0 Å². The van der Waals surface area contributed by atoms with E-state index in [0.717, 1.165) is 38.4 Å². The van der Waals surface area contributed by atoms with E-state index in [-0.39, 0.29) is 12.1 Å². The van der Waals surface area contributed by atoms with Crippen LogP contribution in [-0.2, 0) is 4.74 Å². The number of ether oxygens (including phenoxy) is 1. The zero-order valence-corrected chi connectivity index (χ0v) is 11.5. The Hall–Kier alpha value is -0.160. The van der Waals surface area contributed by atoms with Gasteiger partial charge in [-0.15, -0.1) is 0 Å². The lowest BCUT2D eigenvalue weighted by molar-refractivity contribution is 0.0672. The van der Waals surface area contributed by atoms with E-state index in [1.807, 2.05) is 0 Å². The first kappa shape index (κ1) is 14.9. The third kappa shape index (κ3) is 4.92. The van der Waals surface area contributed by atoms with Crippen molar-refractivity contribution >= 4 is 0 Å². The first-order valence-corrected chi connectivity index (χ1v) is 6.69. The summed E-state index contributed by atoms with van der Waals surface area (Å²) in [6, 6.07) is 0. The third-order valence-corrected chi connectivity index (χ3v) is 3.55. The van der Waals surface area contributed by atoms with Crippen LogP contribution in [0, 0.1) is 5.92 Å². The molecule has 0 unspecified atom stereocenters. The van der Waals surface area contributed by atoms with Gasteiger partial charge in [-0.2, -0.15) is 0 Å². The van der Waals surface area contributed by atoms with Gasteiger partial charge in [0.25, 0.3) is 0 Å². The van der Waals surface area contributed by atoms with Crippen LogP contribution in [0.5, 0.6) is 0 Å². The molecule has 0 aromatic heterocycles. The van der Waals surface area contributed by atoms with Gasteiger partial charge in [-0.25, -0.2) is 0 Å². The topological polar surface area (TPSA) is 44.7 Å². The number of hydrogen-bond acceptors (Lipinski definition) is 4. The molecule has 1 aliphatic heterocycles. The summed E-state index contributed by atoms with van der Waals surface area (Å²) in [5, 5.41) is 13.0. The third-order valence-electron chi connectivity index (χ3n) is 3.55. The fraction of sp³-hybridized carbons (Fsp3) is 1.00. The van der Waals surface area contributed by atoms with E-state index in [4.69, 9.17) is 4.74 Å². The summed E-state index contributed by atoms with van der Waals surface area (Å²) in [7, 11) is 1.71. The van der Waals surface area contributed by atoms with Crippen molar-refractivity contribution in [3.05, 3.63) is 0 Å². The molecule has 0 spiro atoms. The normalized spacial score (nSPS) is 21.0. The van der Waals surface area contributed by atoms with E-state index in [1.54, 1.807) is 7.11 Å². The van der Waals surface area contributed by atoms with E-state index in [2.05, 4.69) is 24.1 Å². The van der Waals surface area contributed by atoms with Gasteiger partial charge in [-0.05, 0) is 31.8 Å². The Bertz CT molecular complexity index is 202. The summed E-state index contributed by atoms with van der Waals surface area (Å²) in [6.45, 7) is 9.59. The van der Waals surface area contributed by atoms with Gasteiger partial charge in [0.15, 0.2) is 0 Å². The Morgan fingerprint density at radius 3 is 2.47 bits per heavy atom.